The van der Waals surface area contributed by atoms with Crippen molar-refractivity contribution in [3.05, 3.63) is 46.3 Å². The number of rotatable bonds is 5. The van der Waals surface area contributed by atoms with Gasteiger partial charge in [0.15, 0.2) is 0 Å². The number of aromatic nitrogens is 2. The van der Waals surface area contributed by atoms with Crippen LogP contribution in [0.5, 0.6) is 5.75 Å². The van der Waals surface area contributed by atoms with Gasteiger partial charge in [-0.2, -0.15) is 0 Å². The Morgan fingerprint density at radius 3 is 3.04 bits per heavy atom. The van der Waals surface area contributed by atoms with E-state index in [0.717, 1.165) is 37.6 Å². The monoisotopic (exact) mass is 344 g/mol. The molecule has 0 aromatic carbocycles. The molecule has 1 unspecified atom stereocenters. The van der Waals surface area contributed by atoms with E-state index in [1.807, 2.05) is 20.0 Å². The third-order valence-electron chi connectivity index (χ3n) is 4.58. The number of likely N-dealkylation sites (N-methyl/N-ethyl adjacent to an activating group) is 1. The van der Waals surface area contributed by atoms with Gasteiger partial charge in [-0.15, -0.1) is 0 Å². The molecule has 1 atom stereocenters. The maximum Gasteiger partial charge on any atom is 0.227 e. The molecule has 0 spiro atoms. The van der Waals surface area contributed by atoms with Gasteiger partial charge >= 0.3 is 0 Å². The molecule has 0 amide bonds. The molecule has 2 aromatic rings. The molecule has 1 aliphatic heterocycles. The van der Waals surface area contributed by atoms with Gasteiger partial charge < -0.3 is 14.1 Å². The third kappa shape index (κ3) is 4.17. The summed E-state index contributed by atoms with van der Waals surface area (Å²) in [5.41, 5.74) is 0.812. The zero-order valence-electron chi connectivity index (χ0n) is 14.9. The molecule has 3 heterocycles. The van der Waals surface area contributed by atoms with Crippen LogP contribution in [-0.2, 0) is 6.54 Å². The Kier molecular flexibility index (Phi) is 5.33. The summed E-state index contributed by atoms with van der Waals surface area (Å²) in [7, 11) is 3.50. The second-order valence-corrected chi connectivity index (χ2v) is 6.42. The summed E-state index contributed by atoms with van der Waals surface area (Å²) in [6.07, 6.45) is 5.35. The number of nitrogens with zero attached hydrogens (tertiary/aromatic N) is 4. The minimum atomic E-state index is -0.150. The normalized spacial score (nSPS) is 18.1. The summed E-state index contributed by atoms with van der Waals surface area (Å²) in [5, 5.41) is 0. The molecule has 1 aliphatic rings. The number of methoxy groups -OCH3 is 1. The first-order valence-corrected chi connectivity index (χ1v) is 8.47. The molecule has 7 nitrogen and oxygen atoms in total. The summed E-state index contributed by atoms with van der Waals surface area (Å²) in [5.74, 6) is 1.64. The van der Waals surface area contributed by atoms with Gasteiger partial charge in [0.2, 0.25) is 17.1 Å². The predicted molar refractivity (Wildman–Crippen MR) is 95.0 cm³/mol. The van der Waals surface area contributed by atoms with Crippen molar-refractivity contribution in [2.75, 3.05) is 32.1 Å². The first-order chi connectivity index (χ1) is 12.1. The van der Waals surface area contributed by atoms with Crippen LogP contribution in [-0.4, -0.2) is 48.2 Å². The first-order valence-electron chi connectivity index (χ1n) is 8.47. The molecule has 0 radical (unpaired) electrons. The molecule has 134 valence electrons. The van der Waals surface area contributed by atoms with E-state index in [-0.39, 0.29) is 11.2 Å². The lowest BCUT2D eigenvalue weighted by Gasteiger charge is -2.37. The van der Waals surface area contributed by atoms with Crippen molar-refractivity contribution in [3.8, 4) is 5.75 Å². The van der Waals surface area contributed by atoms with Crippen molar-refractivity contribution < 1.29 is 9.15 Å². The lowest BCUT2D eigenvalue weighted by molar-refractivity contribution is 0.183. The van der Waals surface area contributed by atoms with Crippen LogP contribution >= 0.6 is 0 Å². The maximum atomic E-state index is 11.9. The molecule has 0 N–H and O–H groups in total. The van der Waals surface area contributed by atoms with Crippen molar-refractivity contribution in [1.29, 1.82) is 0 Å². The Hall–Kier alpha value is -2.41. The van der Waals surface area contributed by atoms with Crippen LogP contribution in [0, 0.1) is 6.92 Å². The van der Waals surface area contributed by atoms with Crippen molar-refractivity contribution in [2.24, 2.45) is 0 Å². The van der Waals surface area contributed by atoms with Gasteiger partial charge in [-0.3, -0.25) is 9.69 Å². The van der Waals surface area contributed by atoms with E-state index in [1.54, 1.807) is 6.20 Å². The molecule has 3 rings (SSSR count). The molecule has 2 aromatic heterocycles. The smallest absolute Gasteiger partial charge is 0.227 e. The van der Waals surface area contributed by atoms with Gasteiger partial charge in [0.05, 0.1) is 13.7 Å². The van der Waals surface area contributed by atoms with Crippen LogP contribution in [0.1, 0.15) is 24.3 Å². The highest BCUT2D eigenvalue weighted by molar-refractivity contribution is 5.31. The zero-order chi connectivity index (χ0) is 17.8. The number of ether oxygens (including phenoxy) is 1. The van der Waals surface area contributed by atoms with Gasteiger partial charge in [0.1, 0.15) is 12.0 Å². The van der Waals surface area contributed by atoms with Gasteiger partial charge in [0.25, 0.3) is 0 Å². The van der Waals surface area contributed by atoms with Crippen molar-refractivity contribution in [2.45, 2.75) is 32.4 Å². The number of anilines is 1. The quantitative estimate of drug-likeness (QED) is 0.819. The van der Waals surface area contributed by atoms with E-state index < -0.39 is 0 Å². The van der Waals surface area contributed by atoms with Crippen LogP contribution < -0.4 is 15.1 Å². The standard InChI is InChI=1S/C18H24N4O3/c1-13-6-7-19-18(20-13)21(2)14-5-4-8-22(10-14)11-15-9-16(23)17(24-3)12-25-15/h6-7,9,12,14H,4-5,8,10-11H2,1-3H3. The van der Waals surface area contributed by atoms with Crippen molar-refractivity contribution in [1.82, 2.24) is 14.9 Å². The fourth-order valence-corrected chi connectivity index (χ4v) is 3.15. The molecule has 0 saturated carbocycles. The molecule has 7 heteroatoms. The minimum absolute atomic E-state index is 0.150. The Bertz CT molecular complexity index is 777. The lowest BCUT2D eigenvalue weighted by atomic mass is 10.0. The second-order valence-electron chi connectivity index (χ2n) is 6.42. The minimum Gasteiger partial charge on any atom is -0.490 e. The molecule has 1 saturated heterocycles. The van der Waals surface area contributed by atoms with Gasteiger partial charge in [-0.1, -0.05) is 0 Å². The Morgan fingerprint density at radius 2 is 2.32 bits per heavy atom. The highest BCUT2D eigenvalue weighted by Crippen LogP contribution is 2.20. The fourth-order valence-electron chi connectivity index (χ4n) is 3.15. The Labute approximate surface area is 147 Å². The number of hydrogen-bond acceptors (Lipinski definition) is 7. The number of likely N-dealkylation sites (tertiary alicyclic amines) is 1. The van der Waals surface area contributed by atoms with Crippen molar-refractivity contribution in [3.63, 3.8) is 0 Å². The average molecular weight is 344 g/mol. The topological polar surface area (TPSA) is 71.7 Å². The first kappa shape index (κ1) is 17.4. The maximum absolute atomic E-state index is 11.9. The Balaban J connectivity index is 1.66. The molecular formula is C18H24N4O3. The van der Waals surface area contributed by atoms with E-state index >= 15 is 0 Å². The van der Waals surface area contributed by atoms with E-state index in [0.29, 0.717) is 18.3 Å². The predicted octanol–water partition coefficient (Wildman–Crippen LogP) is 1.85. The van der Waals surface area contributed by atoms with Gasteiger partial charge in [0, 0.05) is 37.6 Å². The van der Waals surface area contributed by atoms with Crippen molar-refractivity contribution >= 4 is 5.95 Å². The molecule has 1 fully saturated rings. The van der Waals surface area contributed by atoms with Crippen LogP contribution in [0.3, 0.4) is 0 Å². The summed E-state index contributed by atoms with van der Waals surface area (Å²) >= 11 is 0. The fraction of sp³-hybridized carbons (Fsp3) is 0.500. The summed E-state index contributed by atoms with van der Waals surface area (Å²) in [4.78, 5) is 25.2. The molecule has 25 heavy (non-hydrogen) atoms. The van der Waals surface area contributed by atoms with Crippen LogP contribution in [0.25, 0.3) is 0 Å². The zero-order valence-corrected chi connectivity index (χ0v) is 14.9. The van der Waals surface area contributed by atoms with Gasteiger partial charge in [-0.05, 0) is 32.4 Å². The van der Waals surface area contributed by atoms with Crippen LogP contribution in [0.2, 0.25) is 0 Å². The number of aryl methyl sites for hydroxylation is 1. The van der Waals surface area contributed by atoms with Crippen LogP contribution in [0.4, 0.5) is 5.95 Å². The third-order valence-corrected chi connectivity index (χ3v) is 4.58. The SMILES string of the molecule is COc1coc(CN2CCCC(N(C)c3nccc(C)n3)C2)cc1=O. The largest absolute Gasteiger partial charge is 0.490 e. The molecular weight excluding hydrogens is 320 g/mol. The Morgan fingerprint density at radius 1 is 1.48 bits per heavy atom. The highest BCUT2D eigenvalue weighted by atomic mass is 16.5. The van der Waals surface area contributed by atoms with E-state index in [2.05, 4.69) is 19.8 Å². The van der Waals surface area contributed by atoms with Crippen LogP contribution in [0.15, 0.2) is 33.8 Å². The summed E-state index contributed by atoms with van der Waals surface area (Å²) in [6.45, 7) is 4.44. The van der Waals surface area contributed by atoms with E-state index in [9.17, 15) is 4.79 Å². The summed E-state index contributed by atoms with van der Waals surface area (Å²) in [6, 6.07) is 3.74. The summed E-state index contributed by atoms with van der Waals surface area (Å²) < 4.78 is 10.5. The number of piperidine rings is 1. The van der Waals surface area contributed by atoms with E-state index in [4.69, 9.17) is 9.15 Å². The second kappa shape index (κ2) is 7.65. The highest BCUT2D eigenvalue weighted by Gasteiger charge is 2.25. The lowest BCUT2D eigenvalue weighted by Crippen LogP contribution is -2.46. The molecule has 0 aliphatic carbocycles. The average Bonchev–Trinajstić information content (AvgIpc) is 2.61. The number of hydrogen-bond donors (Lipinski definition) is 0. The van der Waals surface area contributed by atoms with Gasteiger partial charge in [-0.25, -0.2) is 9.97 Å². The van der Waals surface area contributed by atoms with E-state index in [1.165, 1.54) is 19.4 Å². The molecule has 0 bridgehead atoms.